The van der Waals surface area contributed by atoms with Crippen molar-refractivity contribution in [2.45, 2.75) is 49.6 Å². The third-order valence-electron chi connectivity index (χ3n) is 2.89. The minimum atomic E-state index is -3.31. The molecule has 0 amide bonds. The highest BCUT2D eigenvalue weighted by Crippen LogP contribution is 2.08. The summed E-state index contributed by atoms with van der Waals surface area (Å²) in [6, 6.07) is 16.5. The van der Waals surface area contributed by atoms with Crippen LogP contribution in [0.1, 0.15) is 27.7 Å². The molecule has 0 aromatic heterocycles. The van der Waals surface area contributed by atoms with Gasteiger partial charge in [-0.15, -0.1) is 0 Å². The van der Waals surface area contributed by atoms with Crippen molar-refractivity contribution in [2.24, 2.45) is 0 Å². The molecule has 2 aromatic rings. The molecule has 2 N–H and O–H groups in total. The lowest BCUT2D eigenvalue weighted by Gasteiger charge is -2.08. The maximum absolute atomic E-state index is 11.5. The fourth-order valence-corrected chi connectivity index (χ4v) is 4.50. The largest absolute Gasteiger partial charge is 0.240 e. The molecule has 0 aliphatic rings. The minimum Gasteiger partial charge on any atom is -0.209 e. The topological polar surface area (TPSA) is 92.3 Å². The average molecular weight is 399 g/mol. The zero-order valence-electron chi connectivity index (χ0n) is 15.4. The van der Waals surface area contributed by atoms with Gasteiger partial charge in [0.25, 0.3) is 0 Å². The lowest BCUT2D eigenvalue weighted by Crippen LogP contribution is -2.30. The van der Waals surface area contributed by atoms with E-state index in [1.807, 2.05) is 0 Å². The van der Waals surface area contributed by atoms with Gasteiger partial charge in [-0.1, -0.05) is 36.4 Å². The van der Waals surface area contributed by atoms with Gasteiger partial charge in [0.2, 0.25) is 20.0 Å². The maximum Gasteiger partial charge on any atom is 0.240 e. The molecule has 0 bridgehead atoms. The Bertz CT molecular complexity index is 788. The van der Waals surface area contributed by atoms with E-state index >= 15 is 0 Å². The lowest BCUT2D eigenvalue weighted by molar-refractivity contribution is 0.568. The predicted molar refractivity (Wildman–Crippen MR) is 104 cm³/mol. The standard InChI is InChI=1S/2C9H13NO2S/c2*1-8(2)10-13(11,12)9-6-4-3-5-7-9/h2*3-8,10H,1-2H3. The van der Waals surface area contributed by atoms with Gasteiger partial charge in [0.05, 0.1) is 9.79 Å². The number of hydrogen-bond acceptors (Lipinski definition) is 4. The van der Waals surface area contributed by atoms with Crippen molar-refractivity contribution in [3.05, 3.63) is 60.7 Å². The van der Waals surface area contributed by atoms with Crippen LogP contribution in [0.4, 0.5) is 0 Å². The normalized spacial score (nSPS) is 11.9. The number of nitrogens with one attached hydrogen (secondary N) is 2. The molecular formula is C18H26N2O4S2. The molecule has 0 unspecified atom stereocenters. The van der Waals surface area contributed by atoms with Crippen LogP contribution in [-0.4, -0.2) is 28.9 Å². The Labute approximate surface area is 156 Å². The van der Waals surface area contributed by atoms with Crippen molar-refractivity contribution in [1.82, 2.24) is 9.44 Å². The summed E-state index contributed by atoms with van der Waals surface area (Å²) in [5.74, 6) is 0. The summed E-state index contributed by atoms with van der Waals surface area (Å²) >= 11 is 0. The first-order valence-electron chi connectivity index (χ1n) is 8.19. The molecule has 2 aromatic carbocycles. The van der Waals surface area contributed by atoms with Gasteiger partial charge in [-0.3, -0.25) is 0 Å². The van der Waals surface area contributed by atoms with E-state index in [1.165, 1.54) is 0 Å². The molecule has 26 heavy (non-hydrogen) atoms. The third-order valence-corrected chi connectivity index (χ3v) is 6.24. The van der Waals surface area contributed by atoms with Crippen LogP contribution in [0.25, 0.3) is 0 Å². The zero-order chi connectivity index (χ0) is 19.8. The van der Waals surface area contributed by atoms with E-state index in [4.69, 9.17) is 0 Å². The Kier molecular flexibility index (Phi) is 8.42. The second kappa shape index (κ2) is 9.82. The number of hydrogen-bond donors (Lipinski definition) is 2. The van der Waals surface area contributed by atoms with Crippen LogP contribution in [0.3, 0.4) is 0 Å². The zero-order valence-corrected chi connectivity index (χ0v) is 17.0. The summed E-state index contributed by atoms with van der Waals surface area (Å²) in [5.41, 5.74) is 0. The van der Waals surface area contributed by atoms with Gasteiger partial charge in [-0.2, -0.15) is 0 Å². The highest BCUT2D eigenvalue weighted by Gasteiger charge is 2.14. The Morgan fingerprint density at radius 2 is 0.846 bits per heavy atom. The smallest absolute Gasteiger partial charge is 0.209 e. The van der Waals surface area contributed by atoms with Crippen molar-refractivity contribution >= 4 is 20.0 Å². The van der Waals surface area contributed by atoms with Crippen LogP contribution >= 0.6 is 0 Å². The molecule has 0 atom stereocenters. The first kappa shape index (κ1) is 22.3. The van der Waals surface area contributed by atoms with E-state index in [0.29, 0.717) is 9.79 Å². The quantitative estimate of drug-likeness (QED) is 0.782. The van der Waals surface area contributed by atoms with Crippen molar-refractivity contribution in [3.8, 4) is 0 Å². The van der Waals surface area contributed by atoms with Crippen LogP contribution in [0, 0.1) is 0 Å². The molecule has 0 saturated heterocycles. The van der Waals surface area contributed by atoms with Gasteiger partial charge in [0, 0.05) is 12.1 Å². The van der Waals surface area contributed by atoms with Gasteiger partial charge in [-0.05, 0) is 52.0 Å². The molecular weight excluding hydrogens is 372 g/mol. The second-order valence-corrected chi connectivity index (χ2v) is 9.61. The molecule has 0 aliphatic carbocycles. The van der Waals surface area contributed by atoms with E-state index in [2.05, 4.69) is 9.44 Å². The maximum atomic E-state index is 11.5. The van der Waals surface area contributed by atoms with Gasteiger partial charge < -0.3 is 0 Å². The Morgan fingerprint density at radius 1 is 0.577 bits per heavy atom. The number of benzene rings is 2. The van der Waals surface area contributed by atoms with Crippen molar-refractivity contribution in [1.29, 1.82) is 0 Å². The lowest BCUT2D eigenvalue weighted by atomic mass is 10.4. The molecule has 0 radical (unpaired) electrons. The summed E-state index contributed by atoms with van der Waals surface area (Å²) in [5, 5.41) is 0. The second-order valence-electron chi connectivity index (χ2n) is 6.18. The van der Waals surface area contributed by atoms with Gasteiger partial charge in [-0.25, -0.2) is 26.3 Å². The van der Waals surface area contributed by atoms with Crippen LogP contribution < -0.4 is 9.44 Å². The highest BCUT2D eigenvalue weighted by atomic mass is 32.2. The fourth-order valence-electron chi connectivity index (χ4n) is 1.96. The van der Waals surface area contributed by atoms with E-state index in [-0.39, 0.29) is 12.1 Å². The summed E-state index contributed by atoms with van der Waals surface area (Å²) in [6.45, 7) is 7.17. The summed E-state index contributed by atoms with van der Waals surface area (Å²) in [6.07, 6.45) is 0. The van der Waals surface area contributed by atoms with E-state index in [0.717, 1.165) is 0 Å². The molecule has 2 rings (SSSR count). The number of sulfonamides is 2. The van der Waals surface area contributed by atoms with Crippen LogP contribution in [0.15, 0.2) is 70.5 Å². The van der Waals surface area contributed by atoms with E-state index in [9.17, 15) is 16.8 Å². The molecule has 144 valence electrons. The molecule has 0 spiro atoms. The van der Waals surface area contributed by atoms with E-state index < -0.39 is 20.0 Å². The number of rotatable bonds is 6. The third kappa shape index (κ3) is 7.65. The molecule has 0 fully saturated rings. The summed E-state index contributed by atoms with van der Waals surface area (Å²) in [7, 11) is -6.62. The highest BCUT2D eigenvalue weighted by molar-refractivity contribution is 7.89. The Morgan fingerprint density at radius 3 is 1.08 bits per heavy atom. The minimum absolute atomic E-state index is 0.0785. The van der Waals surface area contributed by atoms with Crippen molar-refractivity contribution in [2.75, 3.05) is 0 Å². The van der Waals surface area contributed by atoms with Gasteiger partial charge in [0.15, 0.2) is 0 Å². The van der Waals surface area contributed by atoms with Crippen molar-refractivity contribution < 1.29 is 16.8 Å². The Balaban J connectivity index is 0.000000260. The van der Waals surface area contributed by atoms with Crippen molar-refractivity contribution in [3.63, 3.8) is 0 Å². The molecule has 6 nitrogen and oxygen atoms in total. The first-order chi connectivity index (χ1) is 12.0. The monoisotopic (exact) mass is 398 g/mol. The van der Waals surface area contributed by atoms with Crippen LogP contribution in [-0.2, 0) is 20.0 Å². The van der Waals surface area contributed by atoms with Crippen LogP contribution in [0.5, 0.6) is 0 Å². The summed E-state index contributed by atoms with van der Waals surface area (Å²) in [4.78, 5) is 0.618. The fraction of sp³-hybridized carbons (Fsp3) is 0.333. The summed E-state index contributed by atoms with van der Waals surface area (Å²) < 4.78 is 51.1. The van der Waals surface area contributed by atoms with Gasteiger partial charge in [0.1, 0.15) is 0 Å². The molecule has 0 aliphatic heterocycles. The predicted octanol–water partition coefficient (Wildman–Crippen LogP) is 2.75. The molecule has 0 saturated carbocycles. The molecule has 0 heterocycles. The van der Waals surface area contributed by atoms with Gasteiger partial charge >= 0.3 is 0 Å². The molecule has 8 heteroatoms. The average Bonchev–Trinajstić information content (AvgIpc) is 2.55. The first-order valence-corrected chi connectivity index (χ1v) is 11.2. The van der Waals surface area contributed by atoms with Crippen LogP contribution in [0.2, 0.25) is 0 Å². The SMILES string of the molecule is CC(C)NS(=O)(=O)c1ccccc1.CC(C)NS(=O)(=O)c1ccccc1. The Hall–Kier alpha value is -1.74. The van der Waals surface area contributed by atoms with E-state index in [1.54, 1.807) is 88.4 Å².